The summed E-state index contributed by atoms with van der Waals surface area (Å²) < 4.78 is 51.7. The lowest BCUT2D eigenvalue weighted by atomic mass is 9.86. The number of nitrogens with zero attached hydrogens (tertiary/aromatic N) is 2. The van der Waals surface area contributed by atoms with Crippen molar-refractivity contribution in [2.24, 2.45) is 0 Å². The van der Waals surface area contributed by atoms with Gasteiger partial charge in [-0.1, -0.05) is 82.3 Å². The average Bonchev–Trinajstić information content (AvgIpc) is 1.47. The minimum absolute atomic E-state index is 0.00255. The first-order chi connectivity index (χ1) is 41.8. The number of aliphatic hydroxyl groups is 1. The van der Waals surface area contributed by atoms with Gasteiger partial charge in [0.15, 0.2) is 5.79 Å². The lowest BCUT2D eigenvalue weighted by Crippen LogP contribution is -2.45. The molecule has 15 nitrogen and oxygen atoms in total. The summed E-state index contributed by atoms with van der Waals surface area (Å²) in [6.07, 6.45) is 11.8. The molecule has 10 rings (SSSR count). The van der Waals surface area contributed by atoms with Crippen molar-refractivity contribution in [1.29, 1.82) is 0 Å². The Hall–Kier alpha value is -8.12. The highest BCUT2D eigenvalue weighted by Gasteiger charge is 2.37. The predicted molar refractivity (Wildman–Crippen MR) is 341 cm³/mol. The van der Waals surface area contributed by atoms with Gasteiger partial charge >= 0.3 is 24.0 Å². The number of ether oxygens (including phenoxy) is 4. The third-order valence-corrected chi connectivity index (χ3v) is 15.9. The summed E-state index contributed by atoms with van der Waals surface area (Å²) in [5, 5.41) is 21.0. The zero-order valence-corrected chi connectivity index (χ0v) is 52.3. The minimum atomic E-state index is -0.901. The molecule has 17 heteroatoms. The number of nitrogens with one attached hydrogen (secondary N) is 4. The molecule has 6 aromatic rings. The number of anilines is 2. The fraction of sp³-hybridized carbons (Fsp3) is 0.408. The molecule has 4 amide bonds. The van der Waals surface area contributed by atoms with E-state index < -0.39 is 29.6 Å². The van der Waals surface area contributed by atoms with Crippen LogP contribution < -0.4 is 21.3 Å². The number of halogens is 2. The van der Waals surface area contributed by atoms with E-state index in [0.29, 0.717) is 18.5 Å². The topological polar surface area (TPSA) is 199 Å². The number of rotatable bonds is 12. The molecule has 2 aliphatic heterocycles. The molecular formula is C71H82F2N6O9. The molecule has 2 aliphatic carbocycles. The van der Waals surface area contributed by atoms with E-state index in [4.69, 9.17) is 28.9 Å². The number of carbonyl (C=O) groups is 4. The molecule has 88 heavy (non-hydrogen) atoms. The number of benzene rings is 4. The van der Waals surface area contributed by atoms with Gasteiger partial charge in [-0.05, 0) is 184 Å². The van der Waals surface area contributed by atoms with E-state index in [0.717, 1.165) is 134 Å². The lowest BCUT2D eigenvalue weighted by molar-refractivity contribution is -0.290. The van der Waals surface area contributed by atoms with E-state index in [2.05, 4.69) is 55.0 Å². The second-order valence-electron chi connectivity index (χ2n) is 25.1. The molecule has 5 N–H and O–H groups in total. The van der Waals surface area contributed by atoms with E-state index in [1.54, 1.807) is 26.2 Å². The van der Waals surface area contributed by atoms with Gasteiger partial charge in [-0.3, -0.25) is 19.6 Å². The number of hydrogen-bond donors (Lipinski definition) is 5. The van der Waals surface area contributed by atoms with E-state index in [-0.39, 0.29) is 66.6 Å². The van der Waals surface area contributed by atoms with Gasteiger partial charge in [0.1, 0.15) is 23.3 Å². The zero-order valence-electron chi connectivity index (χ0n) is 52.3. The zero-order chi connectivity index (χ0) is 63.2. The van der Waals surface area contributed by atoms with Crippen molar-refractivity contribution in [1.82, 2.24) is 20.6 Å². The Bertz CT molecular complexity index is 3630. The van der Waals surface area contributed by atoms with Gasteiger partial charge in [0.05, 0.1) is 53.9 Å². The number of esters is 2. The Kier molecular flexibility index (Phi) is 20.1. The molecule has 0 spiro atoms. The molecule has 4 aliphatic rings. The number of fused-ring (bicyclic) bond motifs is 6. The van der Waals surface area contributed by atoms with Crippen LogP contribution >= 0.6 is 0 Å². The standard InChI is InChI=1S/C39H48FN3O5.C32H34FN3O4/c1-23(2)35-32(19-17-28-21-29(47-39(6,7)46-28)22-33(44)48-38(3,4)5)34(24-12-14-26(40)15-13-24)31-11-9-10-25-20-27(42-37(45)41-8)16-18-30(25)36(31)43-35;1-18(2)30-27(14-12-24-16-23(37)17-28(38)40-24)29(19-7-9-21(33)10-8-19)26-6-4-5-20-15-22(35-32(39)34-3)11-13-25(20)31(26)36-30/h12-20,23,28-29H,9-11,21-22H2,1-8H3,(H2,41,42,45);7-15,18,23-24,37H,4-6,16-17H2,1-3H3,(H2,34,35,39)/b19-17+;14-12+/t28-,29-;23-,24-/m11/s1. The van der Waals surface area contributed by atoms with Crippen LogP contribution in [0, 0.1) is 11.6 Å². The molecule has 464 valence electrons. The Balaban J connectivity index is 0.000000213. The summed E-state index contributed by atoms with van der Waals surface area (Å²) in [5.74, 6) is -2.10. The quantitative estimate of drug-likeness (QED) is 0.0731. The number of cyclic esters (lactones) is 1. The van der Waals surface area contributed by atoms with Crippen molar-refractivity contribution >= 4 is 47.5 Å². The van der Waals surface area contributed by atoms with Crippen LogP contribution in [0.4, 0.5) is 29.7 Å². The van der Waals surface area contributed by atoms with Crippen LogP contribution in [0.25, 0.3) is 56.9 Å². The third-order valence-electron chi connectivity index (χ3n) is 15.9. The first-order valence-corrected chi connectivity index (χ1v) is 30.6. The second-order valence-corrected chi connectivity index (χ2v) is 25.1. The molecule has 0 unspecified atom stereocenters. The largest absolute Gasteiger partial charge is 0.460 e. The first-order valence-electron chi connectivity index (χ1n) is 30.6. The maximum Gasteiger partial charge on any atom is 0.318 e. The maximum absolute atomic E-state index is 14.2. The number of aromatic nitrogens is 2. The molecule has 0 saturated carbocycles. The Labute approximate surface area is 515 Å². The molecular weight excluding hydrogens is 1120 g/mol. The number of urea groups is 2. The molecule has 2 saturated heterocycles. The maximum atomic E-state index is 14.2. The van der Waals surface area contributed by atoms with Crippen LogP contribution in [0.3, 0.4) is 0 Å². The van der Waals surface area contributed by atoms with E-state index >= 15 is 0 Å². The number of amides is 4. The fourth-order valence-electron chi connectivity index (χ4n) is 12.2. The number of pyridine rings is 2. The van der Waals surface area contributed by atoms with Crippen LogP contribution in [0.1, 0.15) is 157 Å². The summed E-state index contributed by atoms with van der Waals surface area (Å²) >= 11 is 0. The highest BCUT2D eigenvalue weighted by atomic mass is 19.1. The van der Waals surface area contributed by atoms with Crippen molar-refractivity contribution in [2.45, 2.75) is 174 Å². The molecule has 2 fully saturated rings. The number of aryl methyl sites for hydroxylation is 2. The SMILES string of the molecule is CNC(=O)Nc1ccc2c(c1)CCCc1c-2nc(C(C)C)c(/C=C/[C@@H]2C[C@@H](O)CC(=O)O2)c1-c1ccc(F)cc1.CNC(=O)Nc1ccc2c(c1)CCCc1c-2nc(C(C)C)c(/C=C/[C@@H]2C[C@H](CC(=O)OC(C)(C)C)OC(C)(C)O2)c1-c1ccc(F)cc1. The van der Waals surface area contributed by atoms with Crippen molar-refractivity contribution < 1.29 is 52.0 Å². The summed E-state index contributed by atoms with van der Waals surface area (Å²) in [5.41, 5.74) is 16.6. The molecule has 4 atom stereocenters. The van der Waals surface area contributed by atoms with E-state index in [1.165, 1.54) is 24.3 Å². The van der Waals surface area contributed by atoms with Crippen LogP contribution in [0.2, 0.25) is 0 Å². The van der Waals surface area contributed by atoms with Crippen molar-refractivity contribution in [3.63, 3.8) is 0 Å². The monoisotopic (exact) mass is 1200 g/mol. The first kappa shape index (κ1) is 64.4. The Morgan fingerprint density at radius 3 is 1.58 bits per heavy atom. The number of hydrogen-bond acceptors (Lipinski definition) is 11. The predicted octanol–water partition coefficient (Wildman–Crippen LogP) is 14.6. The van der Waals surface area contributed by atoms with Gasteiger partial charge in [0.25, 0.3) is 0 Å². The normalized spacial score (nSPS) is 18.8. The van der Waals surface area contributed by atoms with Gasteiger partial charge in [-0.15, -0.1) is 0 Å². The smallest absolute Gasteiger partial charge is 0.318 e. The molecule has 4 aromatic carbocycles. The highest BCUT2D eigenvalue weighted by molar-refractivity contribution is 5.92. The van der Waals surface area contributed by atoms with E-state index in [9.17, 15) is 33.1 Å². The molecule has 0 bridgehead atoms. The molecule has 0 radical (unpaired) electrons. The van der Waals surface area contributed by atoms with Crippen molar-refractivity contribution in [3.8, 4) is 44.8 Å². The Morgan fingerprint density at radius 2 is 1.15 bits per heavy atom. The Morgan fingerprint density at radius 1 is 0.682 bits per heavy atom. The van der Waals surface area contributed by atoms with Crippen molar-refractivity contribution in [2.75, 3.05) is 24.7 Å². The molecule has 2 aromatic heterocycles. The number of aliphatic hydroxyl groups excluding tert-OH is 1. The van der Waals surface area contributed by atoms with Gasteiger partial charge in [-0.2, -0.15) is 0 Å². The van der Waals surface area contributed by atoms with Crippen LogP contribution in [0.15, 0.2) is 97.1 Å². The van der Waals surface area contributed by atoms with Gasteiger partial charge in [0, 0.05) is 60.6 Å². The van der Waals surface area contributed by atoms with Gasteiger partial charge < -0.3 is 45.3 Å². The molecule has 4 heterocycles. The lowest BCUT2D eigenvalue weighted by Gasteiger charge is -2.40. The minimum Gasteiger partial charge on any atom is -0.460 e. The van der Waals surface area contributed by atoms with Crippen LogP contribution in [-0.2, 0) is 54.2 Å². The number of carbonyl (C=O) groups excluding carboxylic acids is 4. The van der Waals surface area contributed by atoms with Crippen molar-refractivity contribution in [3.05, 3.63) is 153 Å². The van der Waals surface area contributed by atoms with Crippen LogP contribution in [-0.4, -0.2) is 89.0 Å². The van der Waals surface area contributed by atoms with E-state index in [1.807, 2.05) is 101 Å². The average molecular weight is 1200 g/mol. The van der Waals surface area contributed by atoms with Crippen LogP contribution in [0.5, 0.6) is 0 Å². The van der Waals surface area contributed by atoms with Gasteiger partial charge in [-0.25, -0.2) is 18.4 Å². The van der Waals surface area contributed by atoms with Gasteiger partial charge in [0.2, 0.25) is 0 Å². The summed E-state index contributed by atoms with van der Waals surface area (Å²) in [6, 6.07) is 24.5. The summed E-state index contributed by atoms with van der Waals surface area (Å²) in [6.45, 7) is 17.7. The third kappa shape index (κ3) is 15.8. The second kappa shape index (κ2) is 27.5. The fourth-order valence-corrected chi connectivity index (χ4v) is 12.2. The summed E-state index contributed by atoms with van der Waals surface area (Å²) in [7, 11) is 3.17. The summed E-state index contributed by atoms with van der Waals surface area (Å²) in [4.78, 5) is 59.1. The highest BCUT2D eigenvalue weighted by Crippen LogP contribution is 2.45.